The molecule has 0 spiro atoms. The fourth-order valence-electron chi connectivity index (χ4n) is 2.33. The molecule has 100 valence electrons. The molecule has 0 radical (unpaired) electrons. The van der Waals surface area contributed by atoms with Gasteiger partial charge in [-0.1, -0.05) is 27.7 Å². The van der Waals surface area contributed by atoms with E-state index in [4.69, 9.17) is 10.2 Å². The lowest BCUT2D eigenvalue weighted by Crippen LogP contribution is -2.10. The number of aromatic nitrogens is 2. The number of benzene rings is 1. The van der Waals surface area contributed by atoms with Gasteiger partial charge in [0.25, 0.3) is 0 Å². The van der Waals surface area contributed by atoms with Gasteiger partial charge in [0.05, 0.1) is 22.7 Å². The molecule has 1 atom stereocenters. The standard InChI is InChI=1S/C16H21N3/c1-5-12(4)16-18-14-8-13(9-17)6-7-15(14)19(16)10-11(2)3/h6-8,11-12H,5,10H2,1-4H3. The zero-order valence-corrected chi connectivity index (χ0v) is 12.1. The second-order valence-electron chi connectivity index (χ2n) is 5.60. The summed E-state index contributed by atoms with van der Waals surface area (Å²) >= 11 is 0. The Bertz CT molecular complexity index is 617. The number of hydrogen-bond acceptors (Lipinski definition) is 2. The van der Waals surface area contributed by atoms with Crippen molar-refractivity contribution in [3.63, 3.8) is 0 Å². The molecule has 1 heterocycles. The van der Waals surface area contributed by atoms with Crippen molar-refractivity contribution in [2.45, 2.75) is 46.6 Å². The molecular formula is C16H21N3. The third kappa shape index (κ3) is 2.63. The van der Waals surface area contributed by atoms with Crippen LogP contribution in [0, 0.1) is 17.2 Å². The van der Waals surface area contributed by atoms with Gasteiger partial charge in [-0.05, 0) is 30.5 Å². The van der Waals surface area contributed by atoms with Gasteiger partial charge in [-0.15, -0.1) is 0 Å². The average molecular weight is 255 g/mol. The first-order valence-corrected chi connectivity index (χ1v) is 6.97. The molecule has 1 aromatic heterocycles. The fourth-order valence-corrected chi connectivity index (χ4v) is 2.33. The molecule has 1 aromatic carbocycles. The highest BCUT2D eigenvalue weighted by Gasteiger charge is 2.16. The van der Waals surface area contributed by atoms with Gasteiger partial charge in [-0.3, -0.25) is 0 Å². The van der Waals surface area contributed by atoms with E-state index >= 15 is 0 Å². The van der Waals surface area contributed by atoms with Crippen molar-refractivity contribution in [3.05, 3.63) is 29.6 Å². The highest BCUT2D eigenvalue weighted by molar-refractivity contribution is 5.78. The Morgan fingerprint density at radius 3 is 2.63 bits per heavy atom. The van der Waals surface area contributed by atoms with Crippen molar-refractivity contribution in [2.24, 2.45) is 5.92 Å². The summed E-state index contributed by atoms with van der Waals surface area (Å²) in [5.74, 6) is 2.16. The molecule has 0 aliphatic heterocycles. The summed E-state index contributed by atoms with van der Waals surface area (Å²) in [5.41, 5.74) is 2.76. The Morgan fingerprint density at radius 1 is 1.32 bits per heavy atom. The Morgan fingerprint density at radius 2 is 2.05 bits per heavy atom. The molecule has 0 fully saturated rings. The van der Waals surface area contributed by atoms with E-state index < -0.39 is 0 Å². The van der Waals surface area contributed by atoms with Crippen molar-refractivity contribution >= 4 is 11.0 Å². The second kappa shape index (κ2) is 5.44. The molecular weight excluding hydrogens is 234 g/mol. The molecule has 3 nitrogen and oxygen atoms in total. The normalized spacial score (nSPS) is 12.8. The minimum absolute atomic E-state index is 0.441. The Kier molecular flexibility index (Phi) is 3.90. The maximum Gasteiger partial charge on any atom is 0.112 e. The molecule has 0 saturated carbocycles. The predicted octanol–water partition coefficient (Wildman–Crippen LogP) is 4.08. The van der Waals surface area contributed by atoms with Gasteiger partial charge in [0.15, 0.2) is 0 Å². The van der Waals surface area contributed by atoms with Crippen LogP contribution in [0.5, 0.6) is 0 Å². The number of fused-ring (bicyclic) bond motifs is 1. The van der Waals surface area contributed by atoms with Crippen LogP contribution in [-0.4, -0.2) is 9.55 Å². The smallest absolute Gasteiger partial charge is 0.112 e. The molecule has 0 saturated heterocycles. The van der Waals surface area contributed by atoms with Gasteiger partial charge in [-0.2, -0.15) is 5.26 Å². The maximum atomic E-state index is 8.99. The minimum atomic E-state index is 0.441. The number of nitrogens with zero attached hydrogens (tertiary/aromatic N) is 3. The van der Waals surface area contributed by atoms with E-state index in [1.165, 1.54) is 0 Å². The monoisotopic (exact) mass is 255 g/mol. The molecule has 19 heavy (non-hydrogen) atoms. The molecule has 1 unspecified atom stereocenters. The molecule has 3 heteroatoms. The number of rotatable bonds is 4. The first-order chi connectivity index (χ1) is 9.06. The van der Waals surface area contributed by atoms with Crippen LogP contribution in [0.1, 0.15) is 51.4 Å². The SMILES string of the molecule is CCC(C)c1nc2cc(C#N)ccc2n1CC(C)C. The lowest BCUT2D eigenvalue weighted by atomic mass is 10.1. The van der Waals surface area contributed by atoms with Crippen LogP contribution in [0.25, 0.3) is 11.0 Å². The van der Waals surface area contributed by atoms with Gasteiger partial charge >= 0.3 is 0 Å². The van der Waals surface area contributed by atoms with Crippen LogP contribution in [0.2, 0.25) is 0 Å². The molecule has 0 amide bonds. The first-order valence-electron chi connectivity index (χ1n) is 6.97. The zero-order valence-electron chi connectivity index (χ0n) is 12.1. The lowest BCUT2D eigenvalue weighted by Gasteiger charge is -2.15. The topological polar surface area (TPSA) is 41.6 Å². The second-order valence-corrected chi connectivity index (χ2v) is 5.60. The summed E-state index contributed by atoms with van der Waals surface area (Å²) in [6, 6.07) is 7.97. The molecule has 2 rings (SSSR count). The summed E-state index contributed by atoms with van der Waals surface area (Å²) in [6.07, 6.45) is 1.08. The van der Waals surface area contributed by atoms with Crippen molar-refractivity contribution in [1.29, 1.82) is 5.26 Å². The molecule has 0 N–H and O–H groups in total. The van der Waals surface area contributed by atoms with Crippen molar-refractivity contribution in [2.75, 3.05) is 0 Å². The highest BCUT2D eigenvalue weighted by atomic mass is 15.1. The van der Waals surface area contributed by atoms with Crippen LogP contribution in [0.15, 0.2) is 18.2 Å². The number of hydrogen-bond donors (Lipinski definition) is 0. The summed E-state index contributed by atoms with van der Waals surface area (Å²) in [4.78, 5) is 4.76. The van der Waals surface area contributed by atoms with Crippen molar-refractivity contribution in [1.82, 2.24) is 9.55 Å². The van der Waals surface area contributed by atoms with Gasteiger partial charge in [0, 0.05) is 12.5 Å². The van der Waals surface area contributed by atoms with Gasteiger partial charge in [0.2, 0.25) is 0 Å². The Hall–Kier alpha value is -1.82. The van der Waals surface area contributed by atoms with Crippen LogP contribution in [-0.2, 0) is 6.54 Å². The van der Waals surface area contributed by atoms with Crippen LogP contribution in [0.4, 0.5) is 0 Å². The first kappa shape index (κ1) is 13.6. The Balaban J connectivity index is 2.62. The number of imidazole rings is 1. The predicted molar refractivity (Wildman–Crippen MR) is 78.0 cm³/mol. The van der Waals surface area contributed by atoms with Crippen LogP contribution < -0.4 is 0 Å². The van der Waals surface area contributed by atoms with Gasteiger partial charge in [0.1, 0.15) is 5.82 Å². The van der Waals surface area contributed by atoms with Crippen molar-refractivity contribution < 1.29 is 0 Å². The summed E-state index contributed by atoms with van der Waals surface area (Å²) in [5, 5.41) is 8.99. The fraction of sp³-hybridized carbons (Fsp3) is 0.500. The minimum Gasteiger partial charge on any atom is -0.328 e. The molecule has 2 aromatic rings. The van der Waals surface area contributed by atoms with Gasteiger partial charge in [-0.25, -0.2) is 4.98 Å². The van der Waals surface area contributed by atoms with E-state index in [2.05, 4.69) is 38.3 Å². The summed E-state index contributed by atoms with van der Waals surface area (Å²) < 4.78 is 2.31. The zero-order chi connectivity index (χ0) is 14.0. The van der Waals surface area contributed by atoms with E-state index in [0.717, 1.165) is 29.8 Å². The van der Waals surface area contributed by atoms with E-state index in [-0.39, 0.29) is 0 Å². The van der Waals surface area contributed by atoms with Crippen molar-refractivity contribution in [3.8, 4) is 6.07 Å². The lowest BCUT2D eigenvalue weighted by molar-refractivity contribution is 0.499. The van der Waals surface area contributed by atoms with E-state index in [1.54, 1.807) is 0 Å². The Labute approximate surface area is 114 Å². The van der Waals surface area contributed by atoms with Gasteiger partial charge < -0.3 is 4.57 Å². The van der Waals surface area contributed by atoms with Crippen LogP contribution in [0.3, 0.4) is 0 Å². The van der Waals surface area contributed by atoms with E-state index in [1.807, 2.05) is 18.2 Å². The highest BCUT2D eigenvalue weighted by Crippen LogP contribution is 2.25. The third-order valence-electron chi connectivity index (χ3n) is 3.51. The molecule has 0 aliphatic rings. The molecule has 0 aliphatic carbocycles. The molecule has 0 bridgehead atoms. The summed E-state index contributed by atoms with van der Waals surface area (Å²) in [7, 11) is 0. The average Bonchev–Trinajstić information content (AvgIpc) is 2.75. The van der Waals surface area contributed by atoms with E-state index in [9.17, 15) is 0 Å². The third-order valence-corrected chi connectivity index (χ3v) is 3.51. The number of nitriles is 1. The largest absolute Gasteiger partial charge is 0.328 e. The quantitative estimate of drug-likeness (QED) is 0.826. The maximum absolute atomic E-state index is 8.99. The van der Waals surface area contributed by atoms with E-state index in [0.29, 0.717) is 17.4 Å². The summed E-state index contributed by atoms with van der Waals surface area (Å²) in [6.45, 7) is 9.81. The van der Waals surface area contributed by atoms with Crippen LogP contribution >= 0.6 is 0 Å².